The smallest absolute Gasteiger partial charge is 0.330 e. The molecule has 2 aliphatic heterocycles. The van der Waals surface area contributed by atoms with E-state index in [1.165, 1.54) is 43.6 Å². The fraction of sp³-hybridized carbons (Fsp3) is 0.412. The van der Waals surface area contributed by atoms with Crippen LogP contribution in [0.25, 0.3) is 0 Å². The van der Waals surface area contributed by atoms with Crippen molar-refractivity contribution in [2.24, 2.45) is 0 Å². The molecule has 2 aliphatic rings. The highest BCUT2D eigenvalue weighted by Crippen LogP contribution is 2.47. The van der Waals surface area contributed by atoms with Gasteiger partial charge in [-0.3, -0.25) is 14.9 Å². The van der Waals surface area contributed by atoms with E-state index in [9.17, 15) is 28.1 Å². The molecule has 0 aliphatic carbocycles. The number of carbonyl (C=O) groups is 2. The van der Waals surface area contributed by atoms with Crippen molar-refractivity contribution in [1.82, 2.24) is 19.9 Å². The van der Waals surface area contributed by atoms with Crippen molar-refractivity contribution < 1.29 is 27.7 Å². The van der Waals surface area contributed by atoms with Crippen LogP contribution in [0.5, 0.6) is 0 Å². The monoisotopic (exact) mass is 435 g/mol. The number of rotatable bonds is 6. The number of amides is 1. The fourth-order valence-electron chi connectivity index (χ4n) is 3.82. The minimum absolute atomic E-state index is 0.111. The van der Waals surface area contributed by atoms with Gasteiger partial charge in [-0.05, 0) is 24.6 Å². The number of benzene rings is 1. The van der Waals surface area contributed by atoms with Gasteiger partial charge in [0.15, 0.2) is 15.9 Å². The third-order valence-corrected chi connectivity index (χ3v) is 8.25. The lowest BCUT2D eigenvalue weighted by Gasteiger charge is -2.36. The van der Waals surface area contributed by atoms with Gasteiger partial charge < -0.3 is 9.64 Å². The third kappa shape index (κ3) is 2.93. The van der Waals surface area contributed by atoms with Crippen LogP contribution in [-0.2, 0) is 37.3 Å². The molecule has 4 rings (SSSR count). The van der Waals surface area contributed by atoms with Gasteiger partial charge in [0.1, 0.15) is 16.7 Å². The summed E-state index contributed by atoms with van der Waals surface area (Å²) in [6, 6.07) is 4.05. The van der Waals surface area contributed by atoms with Crippen LogP contribution in [-0.4, -0.2) is 61.3 Å². The van der Waals surface area contributed by atoms with Crippen molar-refractivity contribution in [2.45, 2.75) is 42.7 Å². The summed E-state index contributed by atoms with van der Waals surface area (Å²) in [5, 5.41) is 17.5. The number of hydrogen-bond acceptors (Lipinski definition) is 9. The minimum atomic E-state index is -3.90. The first-order chi connectivity index (χ1) is 14.1. The van der Waals surface area contributed by atoms with Crippen molar-refractivity contribution >= 4 is 27.4 Å². The van der Waals surface area contributed by atoms with Gasteiger partial charge in [-0.1, -0.05) is 0 Å². The van der Waals surface area contributed by atoms with Crippen LogP contribution in [0.2, 0.25) is 0 Å². The zero-order valence-corrected chi connectivity index (χ0v) is 16.6. The van der Waals surface area contributed by atoms with E-state index in [0.717, 1.165) is 9.70 Å². The number of carbonyl (C=O) groups excluding carboxylic acids is 2. The summed E-state index contributed by atoms with van der Waals surface area (Å²) in [5.41, 5.74) is 0.372. The molecule has 0 unspecified atom stereocenters. The van der Waals surface area contributed by atoms with Gasteiger partial charge in [0.05, 0.1) is 30.3 Å². The van der Waals surface area contributed by atoms with Crippen LogP contribution in [0.3, 0.4) is 0 Å². The Labute approximate surface area is 170 Å². The predicted molar refractivity (Wildman–Crippen MR) is 99.3 cm³/mol. The molecule has 3 heterocycles. The first-order valence-corrected chi connectivity index (χ1v) is 10.5. The van der Waals surface area contributed by atoms with E-state index in [2.05, 4.69) is 10.2 Å². The highest BCUT2D eigenvalue weighted by atomic mass is 32.2. The molecule has 0 spiro atoms. The highest BCUT2D eigenvalue weighted by molar-refractivity contribution is 7.93. The summed E-state index contributed by atoms with van der Waals surface area (Å²) in [5.74, 6) is -1.32. The summed E-state index contributed by atoms with van der Waals surface area (Å²) in [6.45, 7) is 0.936. The average molecular weight is 435 g/mol. The lowest BCUT2D eigenvalue weighted by Crippen LogP contribution is -2.58. The number of nitrogens with zero attached hydrogens (tertiary/aromatic N) is 5. The summed E-state index contributed by atoms with van der Waals surface area (Å²) in [4.78, 5) is 37.4. The second kappa shape index (κ2) is 6.86. The van der Waals surface area contributed by atoms with Crippen molar-refractivity contribution in [3.05, 3.63) is 52.3 Å². The summed E-state index contributed by atoms with van der Waals surface area (Å²) in [6.07, 6.45) is 2.58. The zero-order valence-electron chi connectivity index (χ0n) is 15.7. The Morgan fingerprint density at radius 1 is 1.30 bits per heavy atom. The molecule has 2 aromatic rings. The lowest BCUT2D eigenvalue weighted by molar-refractivity contribution is -0.384. The predicted octanol–water partition coefficient (Wildman–Crippen LogP) is 0.0438. The standard InChI is InChI=1S/C17H17N5O7S/c1-17(10-20-18-6-7-19-20)15(21-13(23)8-14(21)30(17,27)28)16(24)29-9-11-2-4-12(5-3-11)22(25)26/h2-7,14-15H,8-10H2,1H3/t14-,15-,17-/m0/s1. The SMILES string of the molecule is C[C@]1(Cn2nccn2)[C@H](C(=O)OCc2ccc([N+](=O)[O-])cc2)N2C(=O)C[C@@H]2S1(=O)=O. The Hall–Kier alpha value is -3.35. The number of non-ortho nitro benzene ring substituents is 1. The molecule has 30 heavy (non-hydrogen) atoms. The van der Waals surface area contributed by atoms with Gasteiger partial charge in [-0.15, -0.1) is 0 Å². The number of β-lactam (4-membered cyclic amide) rings is 1. The van der Waals surface area contributed by atoms with Crippen LogP contribution in [0.1, 0.15) is 18.9 Å². The van der Waals surface area contributed by atoms with Crippen LogP contribution in [0.15, 0.2) is 36.7 Å². The van der Waals surface area contributed by atoms with Crippen LogP contribution >= 0.6 is 0 Å². The van der Waals surface area contributed by atoms with Gasteiger partial charge in [0.25, 0.3) is 5.69 Å². The number of sulfone groups is 1. The normalized spacial score (nSPS) is 26.7. The maximum atomic E-state index is 13.1. The van der Waals surface area contributed by atoms with E-state index in [4.69, 9.17) is 4.74 Å². The highest BCUT2D eigenvalue weighted by Gasteiger charge is 2.70. The van der Waals surface area contributed by atoms with E-state index in [1.54, 1.807) is 0 Å². The maximum Gasteiger partial charge on any atom is 0.330 e. The number of nitro groups is 1. The molecule has 2 saturated heterocycles. The van der Waals surface area contributed by atoms with Crippen LogP contribution in [0, 0.1) is 10.1 Å². The van der Waals surface area contributed by atoms with Gasteiger partial charge in [0, 0.05) is 12.1 Å². The van der Waals surface area contributed by atoms with Crippen LogP contribution in [0.4, 0.5) is 5.69 Å². The molecule has 0 bridgehead atoms. The van der Waals surface area contributed by atoms with Gasteiger partial charge in [0.2, 0.25) is 5.91 Å². The molecular weight excluding hydrogens is 418 g/mol. The number of hydrogen-bond donors (Lipinski definition) is 0. The molecule has 12 nitrogen and oxygen atoms in total. The molecule has 13 heteroatoms. The second-order valence-corrected chi connectivity index (χ2v) is 9.88. The quantitative estimate of drug-likeness (QED) is 0.265. The first-order valence-electron chi connectivity index (χ1n) is 8.94. The van der Waals surface area contributed by atoms with Gasteiger partial charge in [-0.25, -0.2) is 13.2 Å². The first kappa shape index (κ1) is 19.9. The zero-order chi connectivity index (χ0) is 21.7. The average Bonchev–Trinajstić information content (AvgIpc) is 3.24. The van der Waals surface area contributed by atoms with E-state index in [0.29, 0.717) is 5.56 Å². The second-order valence-electron chi connectivity index (χ2n) is 7.31. The minimum Gasteiger partial charge on any atom is -0.459 e. The summed E-state index contributed by atoms with van der Waals surface area (Å²) < 4.78 is 29.8. The van der Waals surface area contributed by atoms with E-state index in [-0.39, 0.29) is 25.3 Å². The topological polar surface area (TPSA) is 155 Å². The van der Waals surface area contributed by atoms with Gasteiger partial charge in [-0.2, -0.15) is 15.0 Å². The van der Waals surface area contributed by atoms with Crippen molar-refractivity contribution in [2.75, 3.05) is 0 Å². The Kier molecular flexibility index (Phi) is 4.56. The molecular formula is C17H17N5O7S. The molecule has 1 aromatic carbocycles. The number of esters is 1. The molecule has 1 amide bonds. The number of ether oxygens (including phenoxy) is 1. The number of nitro benzene ring substituents is 1. The van der Waals surface area contributed by atoms with E-state index < -0.39 is 42.8 Å². The molecule has 2 fully saturated rings. The molecule has 0 N–H and O–H groups in total. The van der Waals surface area contributed by atoms with Crippen molar-refractivity contribution in [3.8, 4) is 0 Å². The molecule has 158 valence electrons. The Bertz CT molecular complexity index is 1120. The van der Waals surface area contributed by atoms with Crippen molar-refractivity contribution in [1.29, 1.82) is 0 Å². The third-order valence-electron chi connectivity index (χ3n) is 5.49. The lowest BCUT2D eigenvalue weighted by atomic mass is 9.96. The Balaban J connectivity index is 1.58. The largest absolute Gasteiger partial charge is 0.459 e. The van der Waals surface area contributed by atoms with E-state index in [1.807, 2.05) is 0 Å². The summed E-state index contributed by atoms with van der Waals surface area (Å²) in [7, 11) is -3.90. The molecule has 3 atom stereocenters. The Morgan fingerprint density at radius 3 is 2.50 bits per heavy atom. The molecule has 1 aromatic heterocycles. The van der Waals surface area contributed by atoms with Crippen LogP contribution < -0.4 is 0 Å². The fourth-order valence-corrected chi connectivity index (χ4v) is 6.16. The number of aromatic nitrogens is 3. The maximum absolute atomic E-state index is 13.1. The molecule has 0 radical (unpaired) electrons. The summed E-state index contributed by atoms with van der Waals surface area (Å²) >= 11 is 0. The Morgan fingerprint density at radius 2 is 1.93 bits per heavy atom. The van der Waals surface area contributed by atoms with Gasteiger partial charge >= 0.3 is 5.97 Å². The number of fused-ring (bicyclic) bond motifs is 1. The molecule has 0 saturated carbocycles. The van der Waals surface area contributed by atoms with E-state index >= 15 is 0 Å². The van der Waals surface area contributed by atoms with Crippen molar-refractivity contribution in [3.63, 3.8) is 0 Å².